The number of carbonyl (C=O) groups excluding carboxylic acids is 3. The number of hydrogen-bond acceptors (Lipinski definition) is 6. The van der Waals surface area contributed by atoms with Gasteiger partial charge in [-0.3, -0.25) is 14.5 Å². The van der Waals surface area contributed by atoms with Gasteiger partial charge in [0.2, 0.25) is 0 Å². The fourth-order valence-corrected chi connectivity index (χ4v) is 4.32. The fourth-order valence-electron chi connectivity index (χ4n) is 4.32. The smallest absolute Gasteiger partial charge is 0.338 e. The van der Waals surface area contributed by atoms with Crippen molar-refractivity contribution in [2.24, 2.45) is 5.92 Å². The summed E-state index contributed by atoms with van der Waals surface area (Å²) in [5.41, 5.74) is 2.61. The molecule has 1 N–H and O–H groups in total. The molecule has 0 saturated carbocycles. The molecule has 1 fully saturated rings. The lowest BCUT2D eigenvalue weighted by Crippen LogP contribution is -2.29. The molecule has 1 atom stereocenters. The Morgan fingerprint density at radius 1 is 1.00 bits per heavy atom. The first kappa shape index (κ1) is 25.7. The molecular weight excluding hydrogens is 470 g/mol. The number of nitrogens with zero attached hydrogens (tertiary/aromatic N) is 1. The molecule has 4 rings (SSSR count). The van der Waals surface area contributed by atoms with Crippen molar-refractivity contribution in [3.05, 3.63) is 101 Å². The standard InChI is InChI=1S/C30H29NO6/c1-18(2)17-37-30(35)20-12-14-22(15-13-20)31-26(21-9-7-8-19(3)16-21)25(28(33)29(31)34)27(32)23-10-5-6-11-24(23)36-4/h5-16,18,26,32H,17H2,1-4H3/b27-25+. The molecule has 1 saturated heterocycles. The average Bonchev–Trinajstić information content (AvgIpc) is 3.17. The minimum absolute atomic E-state index is 0.0412. The summed E-state index contributed by atoms with van der Waals surface area (Å²) in [5, 5.41) is 11.3. The van der Waals surface area contributed by atoms with Crippen molar-refractivity contribution in [2.75, 3.05) is 18.6 Å². The predicted molar refractivity (Wildman–Crippen MR) is 141 cm³/mol. The van der Waals surface area contributed by atoms with Crippen LogP contribution in [-0.2, 0) is 14.3 Å². The van der Waals surface area contributed by atoms with Crippen LogP contribution in [0, 0.1) is 12.8 Å². The zero-order valence-corrected chi connectivity index (χ0v) is 21.2. The van der Waals surface area contributed by atoms with E-state index in [2.05, 4.69) is 0 Å². The van der Waals surface area contributed by atoms with Gasteiger partial charge in [0.05, 0.1) is 36.5 Å². The van der Waals surface area contributed by atoms with E-state index in [-0.39, 0.29) is 17.3 Å². The van der Waals surface area contributed by atoms with Gasteiger partial charge in [-0.05, 0) is 54.8 Å². The number of ketones is 1. The summed E-state index contributed by atoms with van der Waals surface area (Å²) in [6, 6.07) is 19.6. The van der Waals surface area contributed by atoms with Crippen LogP contribution in [0.4, 0.5) is 5.69 Å². The van der Waals surface area contributed by atoms with Crippen molar-refractivity contribution in [1.29, 1.82) is 0 Å². The minimum Gasteiger partial charge on any atom is -0.507 e. The van der Waals surface area contributed by atoms with Crippen molar-refractivity contribution in [3.63, 3.8) is 0 Å². The van der Waals surface area contributed by atoms with E-state index in [0.717, 1.165) is 5.56 Å². The Hall–Kier alpha value is -4.39. The number of aliphatic hydroxyl groups is 1. The molecule has 1 heterocycles. The van der Waals surface area contributed by atoms with Crippen LogP contribution in [-0.4, -0.2) is 36.5 Å². The number of Topliss-reactive ketones (excluding diaryl/α,β-unsaturated/α-hetero) is 1. The zero-order chi connectivity index (χ0) is 26.7. The van der Waals surface area contributed by atoms with Crippen molar-refractivity contribution in [1.82, 2.24) is 0 Å². The monoisotopic (exact) mass is 499 g/mol. The van der Waals surface area contributed by atoms with E-state index in [0.29, 0.717) is 34.7 Å². The quantitative estimate of drug-likeness (QED) is 0.201. The van der Waals surface area contributed by atoms with Crippen molar-refractivity contribution < 1.29 is 29.0 Å². The first-order valence-electron chi connectivity index (χ1n) is 12.0. The van der Waals surface area contributed by atoms with Gasteiger partial charge in [0.1, 0.15) is 11.5 Å². The molecule has 1 unspecified atom stereocenters. The van der Waals surface area contributed by atoms with Crippen LogP contribution in [0.5, 0.6) is 5.75 Å². The second-order valence-corrected chi connectivity index (χ2v) is 9.32. The van der Waals surface area contributed by atoms with Gasteiger partial charge in [0, 0.05) is 5.69 Å². The lowest BCUT2D eigenvalue weighted by Gasteiger charge is -2.26. The van der Waals surface area contributed by atoms with E-state index < -0.39 is 23.7 Å². The largest absolute Gasteiger partial charge is 0.507 e. The highest BCUT2D eigenvalue weighted by atomic mass is 16.5. The summed E-state index contributed by atoms with van der Waals surface area (Å²) >= 11 is 0. The number of amides is 1. The number of esters is 1. The predicted octanol–water partition coefficient (Wildman–Crippen LogP) is 5.44. The SMILES string of the molecule is COc1ccccc1/C(O)=C1\C(=O)C(=O)N(c2ccc(C(=O)OCC(C)C)cc2)C1c1cccc(C)c1. The summed E-state index contributed by atoms with van der Waals surface area (Å²) in [7, 11) is 1.47. The third kappa shape index (κ3) is 5.11. The van der Waals surface area contributed by atoms with Crippen molar-refractivity contribution in [3.8, 4) is 5.75 Å². The summed E-state index contributed by atoms with van der Waals surface area (Å²) < 4.78 is 10.7. The van der Waals surface area contributed by atoms with Crippen LogP contribution in [0.1, 0.15) is 46.9 Å². The number of ether oxygens (including phenoxy) is 2. The molecule has 0 radical (unpaired) electrons. The number of carbonyl (C=O) groups is 3. The number of methoxy groups -OCH3 is 1. The third-order valence-electron chi connectivity index (χ3n) is 6.09. The maximum Gasteiger partial charge on any atom is 0.338 e. The third-order valence-corrected chi connectivity index (χ3v) is 6.09. The van der Waals surface area contributed by atoms with Crippen LogP contribution in [0.3, 0.4) is 0 Å². The molecule has 0 spiro atoms. The van der Waals surface area contributed by atoms with E-state index in [1.807, 2.05) is 45.0 Å². The second-order valence-electron chi connectivity index (χ2n) is 9.32. The number of rotatable bonds is 7. The Morgan fingerprint density at radius 3 is 2.35 bits per heavy atom. The van der Waals surface area contributed by atoms with Gasteiger partial charge in [-0.25, -0.2) is 4.79 Å². The molecular formula is C30H29NO6. The summed E-state index contributed by atoms with van der Waals surface area (Å²) in [6.07, 6.45) is 0. The number of aryl methyl sites for hydroxylation is 1. The number of hydrogen-bond donors (Lipinski definition) is 1. The molecule has 0 bridgehead atoms. The average molecular weight is 500 g/mol. The molecule has 1 amide bonds. The number of aliphatic hydroxyl groups excluding tert-OH is 1. The molecule has 190 valence electrons. The Bertz CT molecular complexity index is 1370. The highest BCUT2D eigenvalue weighted by Gasteiger charge is 2.47. The Kier molecular flexibility index (Phi) is 7.43. The number of para-hydroxylation sites is 1. The highest BCUT2D eigenvalue weighted by Crippen LogP contribution is 2.43. The van der Waals surface area contributed by atoms with Crippen LogP contribution < -0.4 is 9.64 Å². The number of benzene rings is 3. The first-order valence-corrected chi connectivity index (χ1v) is 12.0. The Morgan fingerprint density at radius 2 is 1.70 bits per heavy atom. The Labute approximate surface area is 215 Å². The van der Waals surface area contributed by atoms with Crippen LogP contribution in [0.15, 0.2) is 78.4 Å². The molecule has 7 nitrogen and oxygen atoms in total. The van der Waals surface area contributed by atoms with Gasteiger partial charge < -0.3 is 14.6 Å². The van der Waals surface area contributed by atoms with E-state index in [1.54, 1.807) is 48.5 Å². The molecule has 0 aromatic heterocycles. The topological polar surface area (TPSA) is 93.1 Å². The van der Waals surface area contributed by atoms with Gasteiger partial charge >= 0.3 is 5.97 Å². The molecule has 3 aromatic carbocycles. The van der Waals surface area contributed by atoms with Gasteiger partial charge in [-0.15, -0.1) is 0 Å². The molecule has 1 aliphatic heterocycles. The molecule has 3 aromatic rings. The summed E-state index contributed by atoms with van der Waals surface area (Å²) in [4.78, 5) is 40.5. The lowest BCUT2D eigenvalue weighted by atomic mass is 9.94. The normalized spacial score (nSPS) is 16.8. The first-order chi connectivity index (χ1) is 17.7. The summed E-state index contributed by atoms with van der Waals surface area (Å²) in [5.74, 6) is -1.80. The van der Waals surface area contributed by atoms with Gasteiger partial charge in [-0.2, -0.15) is 0 Å². The maximum atomic E-state index is 13.4. The highest BCUT2D eigenvalue weighted by molar-refractivity contribution is 6.51. The van der Waals surface area contributed by atoms with E-state index >= 15 is 0 Å². The molecule has 7 heteroatoms. The fraction of sp³-hybridized carbons (Fsp3) is 0.233. The van der Waals surface area contributed by atoms with E-state index in [4.69, 9.17) is 9.47 Å². The van der Waals surface area contributed by atoms with Gasteiger partial charge in [0.25, 0.3) is 11.7 Å². The van der Waals surface area contributed by atoms with Crippen LogP contribution in [0.2, 0.25) is 0 Å². The van der Waals surface area contributed by atoms with E-state index in [9.17, 15) is 19.5 Å². The van der Waals surface area contributed by atoms with Gasteiger partial charge in [0.15, 0.2) is 0 Å². The van der Waals surface area contributed by atoms with Crippen LogP contribution in [0.25, 0.3) is 5.76 Å². The zero-order valence-electron chi connectivity index (χ0n) is 21.2. The molecule has 37 heavy (non-hydrogen) atoms. The van der Waals surface area contributed by atoms with E-state index in [1.165, 1.54) is 12.0 Å². The second kappa shape index (κ2) is 10.7. The maximum absolute atomic E-state index is 13.4. The minimum atomic E-state index is -0.886. The summed E-state index contributed by atoms with van der Waals surface area (Å²) in [6.45, 7) is 6.10. The van der Waals surface area contributed by atoms with Crippen molar-refractivity contribution >= 4 is 29.1 Å². The van der Waals surface area contributed by atoms with Gasteiger partial charge in [-0.1, -0.05) is 55.8 Å². The lowest BCUT2D eigenvalue weighted by molar-refractivity contribution is -0.132. The number of anilines is 1. The van der Waals surface area contributed by atoms with Crippen LogP contribution >= 0.6 is 0 Å². The Balaban J connectivity index is 1.83. The van der Waals surface area contributed by atoms with Crippen molar-refractivity contribution in [2.45, 2.75) is 26.8 Å². The molecule has 0 aliphatic carbocycles. The molecule has 1 aliphatic rings.